The molecule has 0 atom stereocenters. The van der Waals surface area contributed by atoms with Gasteiger partial charge in [0.25, 0.3) is 0 Å². The smallest absolute Gasteiger partial charge is 0.335 e. The molecule has 0 saturated carbocycles. The standard InChI is InChI=1S/C24H25N5O2/c1-2-21-26-18-14-16(24(30)31)6-8-19(18)29(21)22-9-7-15-4-3-5-20(23(15)27-22)28-12-10-17(25)11-13-28/h3-9,14,17H,2,10-13,25H2,1H3,(H,30,31). The van der Waals surface area contributed by atoms with Crippen molar-refractivity contribution in [2.75, 3.05) is 18.0 Å². The number of hydrogen-bond acceptors (Lipinski definition) is 5. The number of anilines is 1. The van der Waals surface area contributed by atoms with Crippen LogP contribution < -0.4 is 10.6 Å². The van der Waals surface area contributed by atoms with Crippen LogP contribution in [0.1, 0.15) is 35.9 Å². The van der Waals surface area contributed by atoms with Crippen LogP contribution in [0.15, 0.2) is 48.5 Å². The third-order valence-electron chi connectivity index (χ3n) is 6.08. The average Bonchev–Trinajstić information content (AvgIpc) is 3.16. The van der Waals surface area contributed by atoms with Crippen LogP contribution in [0.5, 0.6) is 0 Å². The third kappa shape index (κ3) is 3.41. The van der Waals surface area contributed by atoms with Crippen molar-refractivity contribution in [2.24, 2.45) is 5.73 Å². The third-order valence-corrected chi connectivity index (χ3v) is 6.08. The van der Waals surface area contributed by atoms with E-state index in [9.17, 15) is 9.90 Å². The molecule has 0 aliphatic carbocycles. The number of aromatic nitrogens is 3. The van der Waals surface area contributed by atoms with E-state index in [0.29, 0.717) is 11.9 Å². The van der Waals surface area contributed by atoms with Gasteiger partial charge < -0.3 is 15.7 Å². The number of benzene rings is 2. The summed E-state index contributed by atoms with van der Waals surface area (Å²) in [6.45, 7) is 3.90. The van der Waals surface area contributed by atoms with Crippen LogP contribution in [-0.4, -0.2) is 44.7 Å². The van der Waals surface area contributed by atoms with Gasteiger partial charge in [-0.05, 0) is 49.2 Å². The van der Waals surface area contributed by atoms with Crippen LogP contribution in [0.3, 0.4) is 0 Å². The number of pyridine rings is 1. The van der Waals surface area contributed by atoms with Gasteiger partial charge in [-0.1, -0.05) is 19.1 Å². The van der Waals surface area contributed by atoms with Gasteiger partial charge in [-0.25, -0.2) is 14.8 Å². The Hall–Kier alpha value is -3.45. The Morgan fingerprint density at radius 3 is 2.68 bits per heavy atom. The van der Waals surface area contributed by atoms with Crippen molar-refractivity contribution >= 4 is 33.6 Å². The van der Waals surface area contributed by atoms with Crippen molar-refractivity contribution in [1.29, 1.82) is 0 Å². The van der Waals surface area contributed by atoms with Crippen molar-refractivity contribution in [3.05, 3.63) is 59.9 Å². The first-order valence-electron chi connectivity index (χ1n) is 10.7. The first kappa shape index (κ1) is 19.5. The van der Waals surface area contributed by atoms with Gasteiger partial charge in [-0.2, -0.15) is 0 Å². The molecule has 1 aliphatic rings. The SMILES string of the molecule is CCc1nc2cc(C(=O)O)ccc2n1-c1ccc2cccc(N3CCC(N)CC3)c2n1. The number of imidazole rings is 1. The maximum Gasteiger partial charge on any atom is 0.335 e. The predicted octanol–water partition coefficient (Wildman–Crippen LogP) is 3.76. The molecule has 1 fully saturated rings. The minimum Gasteiger partial charge on any atom is -0.478 e. The van der Waals surface area contributed by atoms with Crippen molar-refractivity contribution in [3.63, 3.8) is 0 Å². The van der Waals surface area contributed by atoms with E-state index >= 15 is 0 Å². The molecular weight excluding hydrogens is 390 g/mol. The van der Waals surface area contributed by atoms with E-state index in [-0.39, 0.29) is 11.6 Å². The molecule has 0 spiro atoms. The molecule has 2 aromatic carbocycles. The normalized spacial score (nSPS) is 15.1. The van der Waals surface area contributed by atoms with Gasteiger partial charge in [0, 0.05) is 30.9 Å². The zero-order valence-corrected chi connectivity index (χ0v) is 17.5. The van der Waals surface area contributed by atoms with Gasteiger partial charge in [0.05, 0.1) is 27.8 Å². The number of nitrogens with two attached hydrogens (primary N) is 1. The number of rotatable bonds is 4. The van der Waals surface area contributed by atoms with Crippen molar-refractivity contribution in [3.8, 4) is 5.82 Å². The Morgan fingerprint density at radius 2 is 1.94 bits per heavy atom. The number of carbonyl (C=O) groups is 1. The Labute approximate surface area is 180 Å². The summed E-state index contributed by atoms with van der Waals surface area (Å²) in [7, 11) is 0. The Bertz CT molecular complexity index is 1290. The molecule has 0 radical (unpaired) electrons. The van der Waals surface area contributed by atoms with Crippen LogP contribution in [0.4, 0.5) is 5.69 Å². The number of nitrogens with zero attached hydrogens (tertiary/aromatic N) is 4. The van der Waals surface area contributed by atoms with Crippen molar-refractivity contribution < 1.29 is 9.90 Å². The van der Waals surface area contributed by atoms with E-state index in [1.54, 1.807) is 12.1 Å². The Morgan fingerprint density at radius 1 is 1.13 bits per heavy atom. The number of fused-ring (bicyclic) bond motifs is 2. The first-order chi connectivity index (χ1) is 15.0. The fraction of sp³-hybridized carbons (Fsp3) is 0.292. The van der Waals surface area contributed by atoms with Crippen molar-refractivity contribution in [1.82, 2.24) is 14.5 Å². The molecule has 3 heterocycles. The lowest BCUT2D eigenvalue weighted by Crippen LogP contribution is -2.39. The zero-order chi connectivity index (χ0) is 21.5. The van der Waals surface area contributed by atoms with E-state index in [0.717, 1.165) is 59.7 Å². The lowest BCUT2D eigenvalue weighted by molar-refractivity contribution is 0.0697. The van der Waals surface area contributed by atoms with Gasteiger partial charge in [-0.15, -0.1) is 0 Å². The largest absolute Gasteiger partial charge is 0.478 e. The van der Waals surface area contributed by atoms with Gasteiger partial charge in [-0.3, -0.25) is 4.57 Å². The topological polar surface area (TPSA) is 97.3 Å². The number of piperidine rings is 1. The highest BCUT2D eigenvalue weighted by molar-refractivity contribution is 5.94. The number of aromatic carboxylic acids is 1. The minimum atomic E-state index is -0.954. The molecule has 0 unspecified atom stereocenters. The second-order valence-electron chi connectivity index (χ2n) is 8.07. The number of aryl methyl sites for hydroxylation is 1. The summed E-state index contributed by atoms with van der Waals surface area (Å²) in [5.41, 5.74) is 9.94. The molecule has 5 rings (SSSR count). The van der Waals surface area contributed by atoms with Crippen LogP contribution in [0.2, 0.25) is 0 Å². The zero-order valence-electron chi connectivity index (χ0n) is 17.5. The van der Waals surface area contributed by atoms with Gasteiger partial charge >= 0.3 is 5.97 Å². The molecule has 158 valence electrons. The lowest BCUT2D eigenvalue weighted by atomic mass is 10.0. The molecule has 7 heteroatoms. The van der Waals surface area contributed by atoms with E-state index in [1.165, 1.54) is 0 Å². The van der Waals surface area contributed by atoms with Crippen LogP contribution in [-0.2, 0) is 6.42 Å². The number of carboxylic acids is 1. The molecule has 0 amide bonds. The number of hydrogen-bond donors (Lipinski definition) is 2. The van der Waals surface area contributed by atoms with Crippen LogP contribution in [0.25, 0.3) is 27.8 Å². The maximum absolute atomic E-state index is 11.4. The summed E-state index contributed by atoms with van der Waals surface area (Å²) in [6.07, 6.45) is 2.67. The highest BCUT2D eigenvalue weighted by Crippen LogP contribution is 2.30. The molecule has 31 heavy (non-hydrogen) atoms. The Balaban J connectivity index is 1.66. The number of para-hydroxylation sites is 1. The highest BCUT2D eigenvalue weighted by Gasteiger charge is 2.20. The van der Waals surface area contributed by atoms with E-state index < -0.39 is 5.97 Å². The molecule has 4 aromatic rings. The van der Waals surface area contributed by atoms with Gasteiger partial charge in [0.15, 0.2) is 0 Å². The van der Waals surface area contributed by atoms with Crippen LogP contribution in [0, 0.1) is 0 Å². The summed E-state index contributed by atoms with van der Waals surface area (Å²) in [5.74, 6) is 0.686. The average molecular weight is 415 g/mol. The van der Waals surface area contributed by atoms with Crippen LogP contribution >= 0.6 is 0 Å². The number of carboxylic acid groups (broad SMARTS) is 1. The minimum absolute atomic E-state index is 0.233. The molecule has 3 N–H and O–H groups in total. The summed E-state index contributed by atoms with van der Waals surface area (Å²) in [4.78, 5) is 23.5. The van der Waals surface area contributed by atoms with Crippen molar-refractivity contribution in [2.45, 2.75) is 32.2 Å². The quantitative estimate of drug-likeness (QED) is 0.527. The fourth-order valence-corrected chi connectivity index (χ4v) is 4.40. The van der Waals surface area contributed by atoms with E-state index in [4.69, 9.17) is 10.7 Å². The van der Waals surface area contributed by atoms with Gasteiger partial charge in [0.2, 0.25) is 0 Å². The predicted molar refractivity (Wildman–Crippen MR) is 122 cm³/mol. The maximum atomic E-state index is 11.4. The summed E-state index contributed by atoms with van der Waals surface area (Å²) < 4.78 is 2.03. The molecule has 0 bridgehead atoms. The van der Waals surface area contributed by atoms with E-state index in [2.05, 4.69) is 34.1 Å². The molecule has 1 saturated heterocycles. The second-order valence-corrected chi connectivity index (χ2v) is 8.07. The monoisotopic (exact) mass is 415 g/mol. The molecular formula is C24H25N5O2. The molecule has 1 aliphatic heterocycles. The highest BCUT2D eigenvalue weighted by atomic mass is 16.4. The fourth-order valence-electron chi connectivity index (χ4n) is 4.40. The first-order valence-corrected chi connectivity index (χ1v) is 10.7. The van der Waals surface area contributed by atoms with E-state index in [1.807, 2.05) is 23.6 Å². The summed E-state index contributed by atoms with van der Waals surface area (Å²) in [6, 6.07) is 15.7. The summed E-state index contributed by atoms with van der Waals surface area (Å²) in [5, 5.41) is 10.4. The summed E-state index contributed by atoms with van der Waals surface area (Å²) >= 11 is 0. The second kappa shape index (κ2) is 7.67. The molecule has 2 aromatic heterocycles. The molecule has 7 nitrogen and oxygen atoms in total. The Kier molecular flexibility index (Phi) is 4.82. The lowest BCUT2D eigenvalue weighted by Gasteiger charge is -2.32. The van der Waals surface area contributed by atoms with Gasteiger partial charge in [0.1, 0.15) is 11.6 Å².